The number of carbonyl (C=O) groups is 1. The van der Waals surface area contributed by atoms with Crippen LogP contribution >= 0.6 is 23.2 Å². The highest BCUT2D eigenvalue weighted by Gasteiger charge is 2.23. The van der Waals surface area contributed by atoms with Gasteiger partial charge < -0.3 is 10.2 Å². The average molecular weight is 365 g/mol. The number of amides is 1. The van der Waals surface area contributed by atoms with Crippen molar-refractivity contribution >= 4 is 40.6 Å². The first-order valence-corrected chi connectivity index (χ1v) is 8.62. The number of para-hydroxylation sites is 1. The molecular weight excluding hydrogens is 347 g/mol. The minimum atomic E-state index is -0.0720. The van der Waals surface area contributed by atoms with Crippen LogP contribution in [0.5, 0.6) is 0 Å². The summed E-state index contributed by atoms with van der Waals surface area (Å²) >= 11 is 12.3. The van der Waals surface area contributed by atoms with Gasteiger partial charge in [-0.1, -0.05) is 36.2 Å². The quantitative estimate of drug-likeness (QED) is 0.876. The van der Waals surface area contributed by atoms with Crippen LogP contribution in [0.15, 0.2) is 30.6 Å². The van der Waals surface area contributed by atoms with Crippen LogP contribution in [-0.4, -0.2) is 33.9 Å². The third kappa shape index (κ3) is 3.79. The monoisotopic (exact) mass is 364 g/mol. The number of nitrogens with zero attached hydrogens (tertiary/aromatic N) is 3. The van der Waals surface area contributed by atoms with E-state index in [0.717, 1.165) is 25.9 Å². The van der Waals surface area contributed by atoms with E-state index in [-0.39, 0.29) is 5.91 Å². The van der Waals surface area contributed by atoms with Crippen molar-refractivity contribution in [1.29, 1.82) is 0 Å². The molecule has 2 aromatic rings. The van der Waals surface area contributed by atoms with Gasteiger partial charge in [0, 0.05) is 19.2 Å². The maximum absolute atomic E-state index is 12.6. The van der Waals surface area contributed by atoms with Gasteiger partial charge in [0.15, 0.2) is 0 Å². The number of carbonyl (C=O) groups excluding carboxylic acids is 1. The van der Waals surface area contributed by atoms with Crippen LogP contribution in [-0.2, 0) is 0 Å². The van der Waals surface area contributed by atoms with Gasteiger partial charge in [0.25, 0.3) is 5.91 Å². The SMILES string of the molecule is CC1CCCN(C(=O)c2cc(Nc3c(Cl)cccc3Cl)ncn2)C1. The molecule has 126 valence electrons. The molecule has 1 aliphatic rings. The molecule has 1 atom stereocenters. The lowest BCUT2D eigenvalue weighted by molar-refractivity contribution is 0.0677. The third-order valence-electron chi connectivity index (χ3n) is 4.05. The average Bonchev–Trinajstić information content (AvgIpc) is 2.58. The van der Waals surface area contributed by atoms with Crippen LogP contribution in [0.3, 0.4) is 0 Å². The van der Waals surface area contributed by atoms with Crippen molar-refractivity contribution in [3.8, 4) is 0 Å². The summed E-state index contributed by atoms with van der Waals surface area (Å²) in [5.74, 6) is 0.926. The van der Waals surface area contributed by atoms with E-state index >= 15 is 0 Å². The van der Waals surface area contributed by atoms with E-state index in [9.17, 15) is 4.79 Å². The molecule has 1 aromatic heterocycles. The van der Waals surface area contributed by atoms with E-state index in [1.165, 1.54) is 6.33 Å². The fourth-order valence-corrected chi connectivity index (χ4v) is 3.32. The van der Waals surface area contributed by atoms with Crippen LogP contribution in [0.25, 0.3) is 0 Å². The van der Waals surface area contributed by atoms with E-state index in [4.69, 9.17) is 23.2 Å². The number of likely N-dealkylation sites (tertiary alicyclic amines) is 1. The summed E-state index contributed by atoms with van der Waals surface area (Å²) in [7, 11) is 0. The third-order valence-corrected chi connectivity index (χ3v) is 4.68. The van der Waals surface area contributed by atoms with E-state index in [1.54, 1.807) is 24.3 Å². The maximum atomic E-state index is 12.6. The Morgan fingerprint density at radius 1 is 1.29 bits per heavy atom. The zero-order valence-electron chi connectivity index (χ0n) is 13.3. The summed E-state index contributed by atoms with van der Waals surface area (Å²) in [6, 6.07) is 6.86. The zero-order chi connectivity index (χ0) is 17.1. The van der Waals surface area contributed by atoms with E-state index in [1.807, 2.05) is 4.90 Å². The summed E-state index contributed by atoms with van der Waals surface area (Å²) in [6.45, 7) is 3.69. The molecule has 1 amide bonds. The lowest BCUT2D eigenvalue weighted by atomic mass is 10.00. The molecule has 2 heterocycles. The molecule has 24 heavy (non-hydrogen) atoms. The zero-order valence-corrected chi connectivity index (χ0v) is 14.8. The highest BCUT2D eigenvalue weighted by molar-refractivity contribution is 6.39. The number of hydrogen-bond acceptors (Lipinski definition) is 4. The van der Waals surface area contributed by atoms with E-state index < -0.39 is 0 Å². The lowest BCUT2D eigenvalue weighted by Gasteiger charge is -2.30. The lowest BCUT2D eigenvalue weighted by Crippen LogP contribution is -2.39. The molecule has 1 aromatic carbocycles. The molecule has 0 radical (unpaired) electrons. The predicted molar refractivity (Wildman–Crippen MR) is 96.1 cm³/mol. The van der Waals surface area contributed by atoms with Gasteiger partial charge in [-0.2, -0.15) is 0 Å². The molecule has 0 saturated carbocycles. The van der Waals surface area contributed by atoms with Crippen molar-refractivity contribution in [2.45, 2.75) is 19.8 Å². The molecule has 7 heteroatoms. The van der Waals surface area contributed by atoms with Crippen molar-refractivity contribution in [3.63, 3.8) is 0 Å². The highest BCUT2D eigenvalue weighted by atomic mass is 35.5. The minimum absolute atomic E-state index is 0.0720. The Hall–Kier alpha value is -1.85. The first-order valence-electron chi connectivity index (χ1n) is 7.87. The Bertz CT molecular complexity index is 733. The van der Waals surface area contributed by atoms with Gasteiger partial charge >= 0.3 is 0 Å². The van der Waals surface area contributed by atoms with Gasteiger partial charge in [-0.3, -0.25) is 4.79 Å². The predicted octanol–water partition coefficient (Wildman–Crippen LogP) is 4.40. The molecule has 1 fully saturated rings. The van der Waals surface area contributed by atoms with Gasteiger partial charge in [-0.25, -0.2) is 9.97 Å². The van der Waals surface area contributed by atoms with Crippen molar-refractivity contribution in [2.75, 3.05) is 18.4 Å². The molecule has 5 nitrogen and oxygen atoms in total. The Kier molecular flexibility index (Phi) is 5.21. The fourth-order valence-electron chi connectivity index (χ4n) is 2.82. The molecule has 1 N–H and O–H groups in total. The number of benzene rings is 1. The van der Waals surface area contributed by atoms with Crippen molar-refractivity contribution in [2.24, 2.45) is 5.92 Å². The molecule has 0 aliphatic carbocycles. The first kappa shape index (κ1) is 17.0. The Balaban J connectivity index is 1.80. The van der Waals surface area contributed by atoms with Crippen molar-refractivity contribution < 1.29 is 4.79 Å². The van der Waals surface area contributed by atoms with Crippen molar-refractivity contribution in [3.05, 3.63) is 46.3 Å². The molecule has 1 saturated heterocycles. The number of nitrogens with one attached hydrogen (secondary N) is 1. The normalized spacial score (nSPS) is 17.6. The van der Waals surface area contributed by atoms with Gasteiger partial charge in [-0.15, -0.1) is 0 Å². The number of hydrogen-bond donors (Lipinski definition) is 1. The van der Waals surface area contributed by atoms with E-state index in [2.05, 4.69) is 22.2 Å². The second-order valence-electron chi connectivity index (χ2n) is 6.01. The molecule has 3 rings (SSSR count). The summed E-state index contributed by atoms with van der Waals surface area (Å²) in [5.41, 5.74) is 0.925. The highest BCUT2D eigenvalue weighted by Crippen LogP contribution is 2.32. The van der Waals surface area contributed by atoms with E-state index in [0.29, 0.717) is 33.2 Å². The minimum Gasteiger partial charge on any atom is -0.338 e. The number of halogens is 2. The Morgan fingerprint density at radius 3 is 2.75 bits per heavy atom. The smallest absolute Gasteiger partial charge is 0.272 e. The summed E-state index contributed by atoms with van der Waals surface area (Å²) in [4.78, 5) is 22.8. The van der Waals surface area contributed by atoms with Crippen LogP contribution in [0.2, 0.25) is 10.0 Å². The second kappa shape index (κ2) is 7.36. The summed E-state index contributed by atoms with van der Waals surface area (Å²) < 4.78 is 0. The van der Waals surface area contributed by atoms with Gasteiger partial charge in [0.1, 0.15) is 17.8 Å². The van der Waals surface area contributed by atoms with Gasteiger partial charge in [0.2, 0.25) is 0 Å². The molecule has 0 spiro atoms. The standard InChI is InChI=1S/C17H18Cl2N4O/c1-11-4-3-7-23(9-11)17(24)14-8-15(21-10-20-14)22-16-12(18)5-2-6-13(16)19/h2,5-6,8,10-11H,3-4,7,9H2,1H3,(H,20,21,22). The van der Waals surface area contributed by atoms with Crippen LogP contribution in [0.4, 0.5) is 11.5 Å². The van der Waals surface area contributed by atoms with Crippen LogP contribution < -0.4 is 5.32 Å². The van der Waals surface area contributed by atoms with Gasteiger partial charge in [0.05, 0.1) is 15.7 Å². The molecular formula is C17H18Cl2N4O. The van der Waals surface area contributed by atoms with Crippen molar-refractivity contribution in [1.82, 2.24) is 14.9 Å². The Labute approximate surface area is 151 Å². The number of rotatable bonds is 3. The fraction of sp³-hybridized carbons (Fsp3) is 0.353. The topological polar surface area (TPSA) is 58.1 Å². The largest absolute Gasteiger partial charge is 0.338 e. The van der Waals surface area contributed by atoms with Crippen LogP contribution in [0.1, 0.15) is 30.3 Å². The number of aromatic nitrogens is 2. The van der Waals surface area contributed by atoms with Gasteiger partial charge in [-0.05, 0) is 30.9 Å². The number of anilines is 2. The maximum Gasteiger partial charge on any atom is 0.272 e. The second-order valence-corrected chi connectivity index (χ2v) is 6.82. The summed E-state index contributed by atoms with van der Waals surface area (Å²) in [5, 5.41) is 4.03. The molecule has 1 unspecified atom stereocenters. The Morgan fingerprint density at radius 2 is 2.04 bits per heavy atom. The molecule has 1 aliphatic heterocycles. The number of piperidine rings is 1. The van der Waals surface area contributed by atoms with Crippen LogP contribution in [0, 0.1) is 5.92 Å². The molecule has 0 bridgehead atoms. The summed E-state index contributed by atoms with van der Waals surface area (Å²) in [6.07, 6.45) is 3.55. The first-order chi connectivity index (χ1) is 11.5.